The van der Waals surface area contributed by atoms with Gasteiger partial charge in [0, 0.05) is 6.54 Å². The van der Waals surface area contributed by atoms with Gasteiger partial charge in [0.25, 0.3) is 0 Å². The summed E-state index contributed by atoms with van der Waals surface area (Å²) in [4.78, 5) is 24.9. The Hall–Kier alpha value is -1.88. The highest BCUT2D eigenvalue weighted by atomic mass is 16.5. The predicted octanol–water partition coefficient (Wildman–Crippen LogP) is 1.84. The van der Waals surface area contributed by atoms with Gasteiger partial charge in [-0.05, 0) is 30.5 Å². The third-order valence-electron chi connectivity index (χ3n) is 3.92. The summed E-state index contributed by atoms with van der Waals surface area (Å²) in [6.07, 6.45) is 2.88. The lowest BCUT2D eigenvalue weighted by Gasteiger charge is -2.34. The van der Waals surface area contributed by atoms with Crippen LogP contribution in [0.1, 0.15) is 30.4 Å². The molecular formula is C16H21NO4. The molecule has 0 saturated carbocycles. The second-order valence-electron chi connectivity index (χ2n) is 5.34. The van der Waals surface area contributed by atoms with Crippen molar-refractivity contribution < 1.29 is 19.4 Å². The van der Waals surface area contributed by atoms with Crippen LogP contribution in [0.25, 0.3) is 0 Å². The molecule has 0 aliphatic carbocycles. The van der Waals surface area contributed by atoms with E-state index < -0.39 is 5.97 Å². The minimum Gasteiger partial charge on any atom is -0.481 e. The van der Waals surface area contributed by atoms with Gasteiger partial charge in [-0.2, -0.15) is 0 Å². The first-order valence-corrected chi connectivity index (χ1v) is 7.22. The van der Waals surface area contributed by atoms with Crippen molar-refractivity contribution in [3.05, 3.63) is 35.4 Å². The van der Waals surface area contributed by atoms with Gasteiger partial charge in [-0.15, -0.1) is 0 Å². The molecule has 0 amide bonds. The average molecular weight is 291 g/mol. The molecule has 0 bridgehead atoms. The van der Waals surface area contributed by atoms with Gasteiger partial charge in [0.2, 0.25) is 0 Å². The highest BCUT2D eigenvalue weighted by molar-refractivity contribution is 5.75. The van der Waals surface area contributed by atoms with Crippen LogP contribution in [-0.4, -0.2) is 41.6 Å². The molecule has 1 N–H and O–H groups in total. The smallest absolute Gasteiger partial charge is 0.323 e. The lowest BCUT2D eigenvalue weighted by atomic mass is 9.99. The summed E-state index contributed by atoms with van der Waals surface area (Å²) in [5, 5.41) is 8.99. The molecule has 0 spiro atoms. The molecule has 1 aromatic rings. The largest absolute Gasteiger partial charge is 0.481 e. The zero-order valence-corrected chi connectivity index (χ0v) is 12.2. The van der Waals surface area contributed by atoms with Crippen LogP contribution < -0.4 is 0 Å². The van der Waals surface area contributed by atoms with Gasteiger partial charge >= 0.3 is 11.9 Å². The minimum absolute atomic E-state index is 0.00685. The van der Waals surface area contributed by atoms with Crippen molar-refractivity contribution in [3.8, 4) is 0 Å². The number of ether oxygens (including phenoxy) is 1. The number of rotatable bonds is 5. The Balaban J connectivity index is 2.15. The molecule has 0 radical (unpaired) electrons. The average Bonchev–Trinajstić information content (AvgIpc) is 2.48. The van der Waals surface area contributed by atoms with Crippen LogP contribution in [0.5, 0.6) is 0 Å². The van der Waals surface area contributed by atoms with Crippen molar-refractivity contribution in [2.45, 2.75) is 38.3 Å². The van der Waals surface area contributed by atoms with Gasteiger partial charge in [-0.25, -0.2) is 0 Å². The number of benzene rings is 1. The van der Waals surface area contributed by atoms with Gasteiger partial charge in [0.05, 0.1) is 13.5 Å². The summed E-state index contributed by atoms with van der Waals surface area (Å²) in [5.74, 6) is -1.05. The molecule has 1 aliphatic heterocycles. The van der Waals surface area contributed by atoms with E-state index in [0.29, 0.717) is 6.54 Å². The molecule has 1 aromatic carbocycles. The van der Waals surface area contributed by atoms with E-state index >= 15 is 0 Å². The van der Waals surface area contributed by atoms with Crippen molar-refractivity contribution in [2.24, 2.45) is 0 Å². The molecule has 114 valence electrons. The standard InChI is InChI=1S/C16H21NO4/c1-21-16(20)14-8-4-5-9-17(14)11-13-7-3-2-6-12(13)10-15(18)19/h2-3,6-7,14H,4-5,8-11H2,1H3,(H,18,19). The van der Waals surface area contributed by atoms with Crippen molar-refractivity contribution in [2.75, 3.05) is 13.7 Å². The molecule has 1 atom stereocenters. The maximum atomic E-state index is 11.9. The zero-order valence-electron chi connectivity index (χ0n) is 12.2. The first kappa shape index (κ1) is 15.5. The van der Waals surface area contributed by atoms with Crippen molar-refractivity contribution in [1.82, 2.24) is 4.90 Å². The molecule has 1 unspecified atom stereocenters. The summed E-state index contributed by atoms with van der Waals surface area (Å²) in [5.41, 5.74) is 1.77. The van der Waals surface area contributed by atoms with Crippen LogP contribution in [-0.2, 0) is 27.3 Å². The molecule has 1 heterocycles. The number of carbonyl (C=O) groups excluding carboxylic acids is 1. The molecule has 2 rings (SSSR count). The fourth-order valence-electron chi connectivity index (χ4n) is 2.85. The number of methoxy groups -OCH3 is 1. The molecule has 0 aromatic heterocycles. The summed E-state index contributed by atoms with van der Waals surface area (Å²) < 4.78 is 4.88. The molecular weight excluding hydrogens is 270 g/mol. The van der Waals surface area contributed by atoms with Gasteiger partial charge in [-0.1, -0.05) is 30.7 Å². The van der Waals surface area contributed by atoms with Crippen LogP contribution in [0.2, 0.25) is 0 Å². The number of aliphatic carboxylic acids is 1. The van der Waals surface area contributed by atoms with Crippen LogP contribution >= 0.6 is 0 Å². The number of piperidine rings is 1. The monoisotopic (exact) mass is 291 g/mol. The summed E-state index contributed by atoms with van der Waals surface area (Å²) >= 11 is 0. The van der Waals surface area contributed by atoms with E-state index in [1.165, 1.54) is 7.11 Å². The van der Waals surface area contributed by atoms with Crippen LogP contribution in [0.15, 0.2) is 24.3 Å². The topological polar surface area (TPSA) is 66.8 Å². The van der Waals surface area contributed by atoms with E-state index in [1.807, 2.05) is 24.3 Å². The Bertz CT molecular complexity index is 515. The lowest BCUT2D eigenvalue weighted by molar-refractivity contribution is -0.148. The van der Waals surface area contributed by atoms with E-state index in [9.17, 15) is 9.59 Å². The van der Waals surface area contributed by atoms with Gasteiger partial charge < -0.3 is 9.84 Å². The van der Waals surface area contributed by atoms with Crippen molar-refractivity contribution in [1.29, 1.82) is 0 Å². The quantitative estimate of drug-likeness (QED) is 0.839. The Morgan fingerprint density at radius 3 is 2.67 bits per heavy atom. The maximum Gasteiger partial charge on any atom is 0.323 e. The van der Waals surface area contributed by atoms with E-state index in [0.717, 1.165) is 36.9 Å². The normalized spacial score (nSPS) is 19.2. The van der Waals surface area contributed by atoms with E-state index in [4.69, 9.17) is 9.84 Å². The van der Waals surface area contributed by atoms with Crippen LogP contribution in [0.3, 0.4) is 0 Å². The van der Waals surface area contributed by atoms with Gasteiger partial charge in [0.1, 0.15) is 6.04 Å². The van der Waals surface area contributed by atoms with E-state index in [2.05, 4.69) is 4.90 Å². The fourth-order valence-corrected chi connectivity index (χ4v) is 2.85. The summed E-state index contributed by atoms with van der Waals surface area (Å²) in [6.45, 7) is 1.42. The Morgan fingerprint density at radius 1 is 1.29 bits per heavy atom. The number of likely N-dealkylation sites (tertiary alicyclic amines) is 1. The highest BCUT2D eigenvalue weighted by Gasteiger charge is 2.29. The summed E-state index contributed by atoms with van der Waals surface area (Å²) in [7, 11) is 1.41. The van der Waals surface area contributed by atoms with Crippen molar-refractivity contribution in [3.63, 3.8) is 0 Å². The second kappa shape index (κ2) is 7.22. The Labute approximate surface area is 124 Å². The molecule has 5 heteroatoms. The molecule has 5 nitrogen and oxygen atoms in total. The number of hydrogen-bond donors (Lipinski definition) is 1. The third kappa shape index (κ3) is 4.04. The second-order valence-corrected chi connectivity index (χ2v) is 5.34. The lowest BCUT2D eigenvalue weighted by Crippen LogP contribution is -2.44. The van der Waals surface area contributed by atoms with Crippen molar-refractivity contribution >= 4 is 11.9 Å². The third-order valence-corrected chi connectivity index (χ3v) is 3.92. The number of carboxylic acids is 1. The van der Waals surface area contributed by atoms with Gasteiger partial charge in [-0.3, -0.25) is 14.5 Å². The summed E-state index contributed by atoms with van der Waals surface area (Å²) in [6, 6.07) is 7.29. The zero-order chi connectivity index (χ0) is 15.2. The van der Waals surface area contributed by atoms with Gasteiger partial charge in [0.15, 0.2) is 0 Å². The first-order chi connectivity index (χ1) is 10.1. The van der Waals surface area contributed by atoms with E-state index in [-0.39, 0.29) is 18.4 Å². The van der Waals surface area contributed by atoms with Crippen LogP contribution in [0, 0.1) is 0 Å². The molecule has 21 heavy (non-hydrogen) atoms. The minimum atomic E-state index is -0.842. The van der Waals surface area contributed by atoms with E-state index in [1.54, 1.807) is 0 Å². The molecule has 1 fully saturated rings. The SMILES string of the molecule is COC(=O)C1CCCCN1Cc1ccccc1CC(=O)O. The maximum absolute atomic E-state index is 11.9. The number of esters is 1. The van der Waals surface area contributed by atoms with Crippen LogP contribution in [0.4, 0.5) is 0 Å². The first-order valence-electron chi connectivity index (χ1n) is 7.22. The molecule has 1 saturated heterocycles. The number of hydrogen-bond acceptors (Lipinski definition) is 4. The number of carboxylic acid groups (broad SMARTS) is 1. The Kier molecular flexibility index (Phi) is 5.33. The number of nitrogens with zero attached hydrogens (tertiary/aromatic N) is 1. The highest BCUT2D eigenvalue weighted by Crippen LogP contribution is 2.22. The predicted molar refractivity (Wildman–Crippen MR) is 77.8 cm³/mol. The number of carbonyl (C=O) groups is 2. The Morgan fingerprint density at radius 2 is 2.00 bits per heavy atom. The fraction of sp³-hybridized carbons (Fsp3) is 0.500. The molecule has 1 aliphatic rings.